The van der Waals surface area contributed by atoms with Gasteiger partial charge in [0.05, 0.1) is 4.92 Å². The van der Waals surface area contributed by atoms with Gasteiger partial charge in [-0.2, -0.15) is 0 Å². The molecule has 1 saturated heterocycles. The molecule has 1 N–H and O–H groups in total. The van der Waals surface area contributed by atoms with Crippen molar-refractivity contribution < 1.29 is 14.5 Å². The number of hydrogen-bond donors (Lipinski definition) is 1. The van der Waals surface area contributed by atoms with E-state index in [1.54, 1.807) is 23.1 Å². The van der Waals surface area contributed by atoms with Gasteiger partial charge in [-0.1, -0.05) is 12.1 Å². The molecule has 0 aromatic heterocycles. The van der Waals surface area contributed by atoms with Crippen LogP contribution in [0.4, 0.5) is 11.4 Å². The van der Waals surface area contributed by atoms with Crippen LogP contribution < -0.4 is 10.2 Å². The molecule has 26 heavy (non-hydrogen) atoms. The van der Waals surface area contributed by atoms with E-state index < -0.39 is 0 Å². The summed E-state index contributed by atoms with van der Waals surface area (Å²) in [5, 5.41) is 14.0. The highest BCUT2D eigenvalue weighted by molar-refractivity contribution is 5.81. The third-order valence-electron chi connectivity index (χ3n) is 4.87. The average molecular weight is 360 g/mol. The van der Waals surface area contributed by atoms with Crippen molar-refractivity contribution in [2.24, 2.45) is 5.92 Å². The standard InChI is InChI=1S/C18H24N4O4/c23-17(6-3-9-19-18(24)14-7-8-14)21-12-10-20(11-13-21)15-4-1-2-5-16(15)22(25)26/h1-2,4-5,14H,3,6-13H2,(H,19,24). The van der Waals surface area contributed by atoms with Crippen molar-refractivity contribution in [3.8, 4) is 0 Å². The number of carbonyl (C=O) groups excluding carboxylic acids is 2. The lowest BCUT2D eigenvalue weighted by Crippen LogP contribution is -2.49. The van der Waals surface area contributed by atoms with Gasteiger partial charge in [-0.15, -0.1) is 0 Å². The zero-order chi connectivity index (χ0) is 18.5. The van der Waals surface area contributed by atoms with Crippen LogP contribution in [0.2, 0.25) is 0 Å². The SMILES string of the molecule is O=C(NCCCC(=O)N1CCN(c2ccccc2[N+](=O)[O-])CC1)C1CC1. The molecule has 1 aromatic carbocycles. The van der Waals surface area contributed by atoms with Crippen LogP contribution in [0, 0.1) is 16.0 Å². The molecule has 0 bridgehead atoms. The van der Waals surface area contributed by atoms with E-state index in [9.17, 15) is 19.7 Å². The number of carbonyl (C=O) groups is 2. The van der Waals surface area contributed by atoms with E-state index in [1.807, 2.05) is 4.90 Å². The number of anilines is 1. The van der Waals surface area contributed by atoms with Gasteiger partial charge < -0.3 is 15.1 Å². The number of nitro benzene ring substituents is 1. The molecular formula is C18H24N4O4. The zero-order valence-electron chi connectivity index (χ0n) is 14.7. The van der Waals surface area contributed by atoms with E-state index in [0.29, 0.717) is 51.3 Å². The van der Waals surface area contributed by atoms with Crippen molar-refractivity contribution in [3.05, 3.63) is 34.4 Å². The molecule has 0 atom stereocenters. The number of amides is 2. The highest BCUT2D eigenvalue weighted by Gasteiger charge is 2.29. The Labute approximate surface area is 152 Å². The van der Waals surface area contributed by atoms with E-state index in [-0.39, 0.29) is 28.3 Å². The highest BCUT2D eigenvalue weighted by atomic mass is 16.6. The minimum atomic E-state index is -0.372. The van der Waals surface area contributed by atoms with E-state index in [0.717, 1.165) is 12.8 Å². The summed E-state index contributed by atoms with van der Waals surface area (Å²) in [6.07, 6.45) is 3.02. The molecule has 1 aliphatic carbocycles. The van der Waals surface area contributed by atoms with Gasteiger partial charge in [-0.3, -0.25) is 19.7 Å². The number of para-hydroxylation sites is 2. The number of rotatable bonds is 7. The van der Waals surface area contributed by atoms with Crippen molar-refractivity contribution in [2.45, 2.75) is 25.7 Å². The van der Waals surface area contributed by atoms with Crippen molar-refractivity contribution in [2.75, 3.05) is 37.6 Å². The van der Waals surface area contributed by atoms with Gasteiger partial charge in [-0.25, -0.2) is 0 Å². The maximum Gasteiger partial charge on any atom is 0.292 e. The largest absolute Gasteiger partial charge is 0.362 e. The van der Waals surface area contributed by atoms with Gasteiger partial charge in [0, 0.05) is 51.1 Å². The molecule has 2 fully saturated rings. The summed E-state index contributed by atoms with van der Waals surface area (Å²) in [7, 11) is 0. The fourth-order valence-corrected chi connectivity index (χ4v) is 3.18. The van der Waals surface area contributed by atoms with Crippen LogP contribution in [0.15, 0.2) is 24.3 Å². The summed E-state index contributed by atoms with van der Waals surface area (Å²) < 4.78 is 0. The molecule has 0 unspecified atom stereocenters. The van der Waals surface area contributed by atoms with Crippen LogP contribution in [-0.2, 0) is 9.59 Å². The molecule has 2 amide bonds. The van der Waals surface area contributed by atoms with E-state index in [1.165, 1.54) is 6.07 Å². The predicted octanol–water partition coefficient (Wildman–Crippen LogP) is 1.55. The fraction of sp³-hybridized carbons (Fsp3) is 0.556. The Morgan fingerprint density at radius 3 is 2.50 bits per heavy atom. The molecule has 1 aromatic rings. The molecule has 0 radical (unpaired) electrons. The second-order valence-corrected chi connectivity index (χ2v) is 6.78. The first kappa shape index (κ1) is 18.2. The minimum Gasteiger partial charge on any atom is -0.362 e. The number of nitrogens with one attached hydrogen (secondary N) is 1. The van der Waals surface area contributed by atoms with Gasteiger partial charge in [0.2, 0.25) is 11.8 Å². The van der Waals surface area contributed by atoms with Crippen molar-refractivity contribution in [1.82, 2.24) is 10.2 Å². The van der Waals surface area contributed by atoms with Crippen LogP contribution >= 0.6 is 0 Å². The molecule has 2 aliphatic rings. The van der Waals surface area contributed by atoms with Gasteiger partial charge in [0.25, 0.3) is 5.69 Å². The fourth-order valence-electron chi connectivity index (χ4n) is 3.18. The number of benzene rings is 1. The topological polar surface area (TPSA) is 95.8 Å². The Balaban J connectivity index is 1.42. The summed E-state index contributed by atoms with van der Waals surface area (Å²) >= 11 is 0. The number of nitrogens with zero attached hydrogens (tertiary/aromatic N) is 3. The van der Waals surface area contributed by atoms with Crippen LogP contribution in [0.5, 0.6) is 0 Å². The smallest absolute Gasteiger partial charge is 0.292 e. The molecular weight excluding hydrogens is 336 g/mol. The van der Waals surface area contributed by atoms with Gasteiger partial charge >= 0.3 is 0 Å². The van der Waals surface area contributed by atoms with E-state index >= 15 is 0 Å². The maximum atomic E-state index is 12.3. The molecule has 8 nitrogen and oxygen atoms in total. The average Bonchev–Trinajstić information content (AvgIpc) is 3.50. The van der Waals surface area contributed by atoms with Crippen LogP contribution in [-0.4, -0.2) is 54.4 Å². The zero-order valence-corrected chi connectivity index (χ0v) is 14.7. The Morgan fingerprint density at radius 1 is 1.15 bits per heavy atom. The van der Waals surface area contributed by atoms with Gasteiger partial charge in [-0.05, 0) is 25.3 Å². The van der Waals surface area contributed by atoms with Crippen LogP contribution in [0.25, 0.3) is 0 Å². The highest BCUT2D eigenvalue weighted by Crippen LogP contribution is 2.29. The normalized spacial score (nSPS) is 17.1. The molecule has 1 saturated carbocycles. The first-order chi connectivity index (χ1) is 12.6. The summed E-state index contributed by atoms with van der Waals surface area (Å²) in [5.74, 6) is 0.379. The third kappa shape index (κ3) is 4.50. The molecule has 8 heteroatoms. The van der Waals surface area contributed by atoms with Crippen molar-refractivity contribution in [3.63, 3.8) is 0 Å². The molecule has 3 rings (SSSR count). The number of hydrogen-bond acceptors (Lipinski definition) is 5. The Kier molecular flexibility index (Phi) is 5.70. The second kappa shape index (κ2) is 8.16. The number of nitro groups is 1. The molecule has 1 aliphatic heterocycles. The molecule has 0 spiro atoms. The van der Waals surface area contributed by atoms with Crippen molar-refractivity contribution in [1.29, 1.82) is 0 Å². The Hall–Kier alpha value is -2.64. The third-order valence-corrected chi connectivity index (χ3v) is 4.87. The Bertz CT molecular complexity index is 682. The van der Waals surface area contributed by atoms with Gasteiger partial charge in [0.15, 0.2) is 0 Å². The van der Waals surface area contributed by atoms with E-state index in [2.05, 4.69) is 5.32 Å². The van der Waals surface area contributed by atoms with E-state index in [4.69, 9.17) is 0 Å². The molecule has 1 heterocycles. The molecule has 140 valence electrons. The Morgan fingerprint density at radius 2 is 1.85 bits per heavy atom. The summed E-state index contributed by atoms with van der Waals surface area (Å²) in [6.45, 7) is 2.81. The monoisotopic (exact) mass is 360 g/mol. The van der Waals surface area contributed by atoms with Crippen LogP contribution in [0.1, 0.15) is 25.7 Å². The first-order valence-electron chi connectivity index (χ1n) is 9.10. The predicted molar refractivity (Wildman–Crippen MR) is 96.9 cm³/mol. The summed E-state index contributed by atoms with van der Waals surface area (Å²) in [4.78, 5) is 38.4. The summed E-state index contributed by atoms with van der Waals surface area (Å²) in [5.41, 5.74) is 0.700. The summed E-state index contributed by atoms with van der Waals surface area (Å²) in [6, 6.07) is 6.69. The number of piperazine rings is 1. The lowest BCUT2D eigenvalue weighted by atomic mass is 10.2. The first-order valence-corrected chi connectivity index (χ1v) is 9.10. The maximum absolute atomic E-state index is 12.3. The van der Waals surface area contributed by atoms with Gasteiger partial charge in [0.1, 0.15) is 5.69 Å². The minimum absolute atomic E-state index is 0.0767. The second-order valence-electron chi connectivity index (χ2n) is 6.78. The lowest BCUT2D eigenvalue weighted by molar-refractivity contribution is -0.384. The van der Waals surface area contributed by atoms with Crippen molar-refractivity contribution >= 4 is 23.2 Å². The quantitative estimate of drug-likeness (QED) is 0.452. The lowest BCUT2D eigenvalue weighted by Gasteiger charge is -2.35. The van der Waals surface area contributed by atoms with Crippen LogP contribution in [0.3, 0.4) is 0 Å².